The van der Waals surface area contributed by atoms with Crippen molar-refractivity contribution in [2.45, 2.75) is 23.9 Å². The van der Waals surface area contributed by atoms with E-state index < -0.39 is 45.5 Å². The minimum Gasteiger partial charge on any atom is -0.508 e. The highest BCUT2D eigenvalue weighted by atomic mass is 32.2. The van der Waals surface area contributed by atoms with Crippen LogP contribution in [0.4, 0.5) is 35.1 Å². The van der Waals surface area contributed by atoms with Gasteiger partial charge < -0.3 is 9.29 Å². The molecular formula is C10H6F8O5S. The lowest BCUT2D eigenvalue weighted by molar-refractivity contribution is -0.435. The average Bonchev–Trinajstić information content (AvgIpc) is 2.39. The highest BCUT2D eigenvalue weighted by Gasteiger charge is 2.73. The van der Waals surface area contributed by atoms with E-state index in [1.54, 1.807) is 0 Å². The van der Waals surface area contributed by atoms with Crippen molar-refractivity contribution in [3.63, 3.8) is 0 Å². The summed E-state index contributed by atoms with van der Waals surface area (Å²) in [6, 6.07) is 2.58. The summed E-state index contributed by atoms with van der Waals surface area (Å²) in [5.41, 5.74) is 0. The molecule has 0 amide bonds. The van der Waals surface area contributed by atoms with Gasteiger partial charge in [0.2, 0.25) is 0 Å². The predicted molar refractivity (Wildman–Crippen MR) is 59.6 cm³/mol. The molecule has 0 bridgehead atoms. The van der Waals surface area contributed by atoms with Gasteiger partial charge in [0.05, 0.1) is 0 Å². The number of hydrogen-bond acceptors (Lipinski definition) is 5. The average molecular weight is 390 g/mol. The molecule has 0 saturated heterocycles. The number of ether oxygens (including phenoxy) is 1. The van der Waals surface area contributed by atoms with Crippen molar-refractivity contribution in [3.8, 4) is 11.5 Å². The maximum Gasteiger partial charge on any atom is 0.471 e. The molecule has 0 fully saturated rings. The zero-order valence-corrected chi connectivity index (χ0v) is 11.7. The van der Waals surface area contributed by atoms with Gasteiger partial charge in [-0.05, 0) is 24.3 Å². The normalized spacial score (nSPS) is 14.0. The molecule has 1 aromatic rings. The summed E-state index contributed by atoms with van der Waals surface area (Å²) in [6.07, 6.45) is -17.5. The van der Waals surface area contributed by atoms with Crippen molar-refractivity contribution in [2.24, 2.45) is 0 Å². The van der Waals surface area contributed by atoms with Crippen LogP contribution in [0.3, 0.4) is 0 Å². The van der Waals surface area contributed by atoms with Gasteiger partial charge >= 0.3 is 34.0 Å². The fourth-order valence-corrected chi connectivity index (χ4v) is 1.90. The molecule has 0 unspecified atom stereocenters. The number of hydrogen-bond donors (Lipinski definition) is 1. The van der Waals surface area contributed by atoms with Gasteiger partial charge in [-0.25, -0.2) is 13.5 Å². The van der Waals surface area contributed by atoms with Gasteiger partial charge in [-0.3, -0.25) is 0 Å². The van der Waals surface area contributed by atoms with Crippen molar-refractivity contribution in [3.05, 3.63) is 24.3 Å². The largest absolute Gasteiger partial charge is 0.508 e. The van der Waals surface area contributed by atoms with Gasteiger partial charge in [-0.15, -0.1) is 0 Å². The smallest absolute Gasteiger partial charge is 0.471 e. The number of phenolic OH excluding ortho intramolecular Hbond substituents is 1. The van der Waals surface area contributed by atoms with Crippen molar-refractivity contribution in [1.29, 1.82) is 0 Å². The van der Waals surface area contributed by atoms with E-state index in [9.17, 15) is 43.5 Å². The third-order valence-electron chi connectivity index (χ3n) is 2.21. The number of halogens is 8. The number of rotatable bonds is 7. The Morgan fingerprint density at radius 2 is 1.42 bits per heavy atom. The molecule has 1 N–H and O–H groups in total. The molecule has 1 rings (SSSR count). The second-order valence-corrected chi connectivity index (χ2v) is 5.62. The molecule has 0 aliphatic heterocycles. The van der Waals surface area contributed by atoms with Gasteiger partial charge in [0.25, 0.3) is 0 Å². The van der Waals surface area contributed by atoms with Crippen molar-refractivity contribution in [2.75, 3.05) is 0 Å². The second-order valence-electron chi connectivity index (χ2n) is 4.03. The third kappa shape index (κ3) is 3.98. The highest BCUT2D eigenvalue weighted by molar-refractivity contribution is 7.88. The number of phenols is 1. The predicted octanol–water partition coefficient (Wildman–Crippen LogP) is 3.16. The summed E-state index contributed by atoms with van der Waals surface area (Å²) in [6.45, 7) is 0. The lowest BCUT2D eigenvalue weighted by Gasteiger charge is -2.28. The summed E-state index contributed by atoms with van der Waals surface area (Å²) in [5, 5.41) is 2.43. The standard InChI is InChI=1S/C10H6F8O5S/c11-7(12)8(13,14)23-9(15,16)10(17,18)24(20,21)22-6-3-1-5(19)2-4-6/h1-4,7,19H. The molecule has 0 aliphatic rings. The van der Waals surface area contributed by atoms with Crippen molar-refractivity contribution >= 4 is 10.1 Å². The monoisotopic (exact) mass is 390 g/mol. The summed E-state index contributed by atoms with van der Waals surface area (Å²) in [7, 11) is -6.65. The Labute approximate surface area is 128 Å². The zero-order chi connectivity index (χ0) is 19.0. The Balaban J connectivity index is 3.12. The van der Waals surface area contributed by atoms with Crippen LogP contribution in [0, 0.1) is 0 Å². The molecule has 0 atom stereocenters. The molecule has 0 radical (unpaired) electrons. The topological polar surface area (TPSA) is 72.8 Å². The van der Waals surface area contributed by atoms with E-state index in [0.29, 0.717) is 12.1 Å². The Morgan fingerprint density at radius 1 is 0.958 bits per heavy atom. The number of aromatic hydroxyl groups is 1. The van der Waals surface area contributed by atoms with Gasteiger partial charge in [0.15, 0.2) is 0 Å². The first kappa shape index (κ1) is 20.2. The number of benzene rings is 1. The first-order valence-corrected chi connectivity index (χ1v) is 6.88. The quantitative estimate of drug-likeness (QED) is 0.572. The molecule has 138 valence electrons. The van der Waals surface area contributed by atoms with Gasteiger partial charge in [-0.2, -0.15) is 34.8 Å². The van der Waals surface area contributed by atoms with Crippen LogP contribution in [-0.4, -0.2) is 37.4 Å². The maximum atomic E-state index is 13.3. The first-order chi connectivity index (χ1) is 10.6. The van der Waals surface area contributed by atoms with E-state index >= 15 is 0 Å². The van der Waals surface area contributed by atoms with Crippen LogP contribution in [-0.2, 0) is 14.9 Å². The van der Waals surface area contributed by atoms with Crippen LogP contribution in [0.1, 0.15) is 0 Å². The van der Waals surface area contributed by atoms with Crippen LogP contribution in [0.2, 0.25) is 0 Å². The Hall–Kier alpha value is -1.83. The van der Waals surface area contributed by atoms with Crippen LogP contribution in [0.5, 0.6) is 11.5 Å². The van der Waals surface area contributed by atoms with Gasteiger partial charge in [-0.1, -0.05) is 0 Å². The van der Waals surface area contributed by atoms with Crippen LogP contribution < -0.4 is 4.18 Å². The van der Waals surface area contributed by atoms with Gasteiger partial charge in [0, 0.05) is 0 Å². The Morgan fingerprint density at radius 3 is 1.83 bits per heavy atom. The summed E-state index contributed by atoms with van der Waals surface area (Å²) >= 11 is 0. The molecular weight excluding hydrogens is 384 g/mol. The molecule has 0 heterocycles. The van der Waals surface area contributed by atoms with E-state index in [4.69, 9.17) is 5.11 Å². The third-order valence-corrected chi connectivity index (χ3v) is 3.49. The van der Waals surface area contributed by atoms with E-state index in [0.717, 1.165) is 12.1 Å². The summed E-state index contributed by atoms with van der Waals surface area (Å²) in [4.78, 5) is 0. The van der Waals surface area contributed by atoms with E-state index in [1.165, 1.54) is 0 Å². The van der Waals surface area contributed by atoms with Crippen LogP contribution >= 0.6 is 0 Å². The van der Waals surface area contributed by atoms with Crippen LogP contribution in [0.25, 0.3) is 0 Å². The lowest BCUT2D eigenvalue weighted by atomic mass is 10.3. The Bertz CT molecular complexity index is 673. The lowest BCUT2D eigenvalue weighted by Crippen LogP contribution is -2.54. The summed E-state index contributed by atoms with van der Waals surface area (Å²) in [5.74, 6) is -1.47. The molecule has 14 heteroatoms. The number of alkyl halides is 8. The van der Waals surface area contributed by atoms with Gasteiger partial charge in [0.1, 0.15) is 11.5 Å². The molecule has 0 aromatic heterocycles. The minimum absolute atomic E-state index is 0.475. The highest BCUT2D eigenvalue weighted by Crippen LogP contribution is 2.45. The fourth-order valence-electron chi connectivity index (χ4n) is 1.10. The van der Waals surface area contributed by atoms with Crippen LogP contribution in [0.15, 0.2) is 24.3 Å². The van der Waals surface area contributed by atoms with E-state index in [2.05, 4.69) is 4.18 Å². The van der Waals surface area contributed by atoms with E-state index in [1.807, 2.05) is 4.74 Å². The van der Waals surface area contributed by atoms with Crippen molar-refractivity contribution in [1.82, 2.24) is 0 Å². The Kier molecular flexibility index (Phi) is 5.25. The molecule has 0 saturated carbocycles. The van der Waals surface area contributed by atoms with E-state index in [-0.39, 0.29) is 0 Å². The second kappa shape index (κ2) is 6.23. The maximum absolute atomic E-state index is 13.3. The zero-order valence-electron chi connectivity index (χ0n) is 10.9. The molecule has 5 nitrogen and oxygen atoms in total. The molecule has 24 heavy (non-hydrogen) atoms. The fraction of sp³-hybridized carbons (Fsp3) is 0.400. The van der Waals surface area contributed by atoms with Crippen molar-refractivity contribution < 1.29 is 57.6 Å². The molecule has 0 aliphatic carbocycles. The molecule has 1 aromatic carbocycles. The summed E-state index contributed by atoms with van der Waals surface area (Å²) < 4.78 is 129. The molecule has 0 spiro atoms. The minimum atomic E-state index is -6.65. The first-order valence-electron chi connectivity index (χ1n) is 5.47. The SMILES string of the molecule is O=S(=O)(Oc1ccc(O)cc1)C(F)(F)C(F)(F)OC(F)(F)C(F)F.